The molecule has 0 spiro atoms. The lowest BCUT2D eigenvalue weighted by Crippen LogP contribution is -2.45. The van der Waals surface area contributed by atoms with Crippen molar-refractivity contribution < 1.29 is 17.6 Å². The fourth-order valence-corrected chi connectivity index (χ4v) is 5.50. The second kappa shape index (κ2) is 8.95. The third-order valence-corrected chi connectivity index (χ3v) is 7.60. The SMILES string of the molecule is CC(C)n1nnc2cc(S(=O)(=O)N3CCC[C@H](C(=O)NCc4ccccc4F)C3)ccc21. The molecule has 0 radical (unpaired) electrons. The number of fused-ring (bicyclic) bond motifs is 1. The molecule has 1 aromatic heterocycles. The Kier molecular flexibility index (Phi) is 6.25. The molecule has 1 aliphatic heterocycles. The molecule has 1 fully saturated rings. The maximum Gasteiger partial charge on any atom is 0.243 e. The number of carbonyl (C=O) groups is 1. The number of hydrogen-bond donors (Lipinski definition) is 1. The normalized spacial score (nSPS) is 17.7. The summed E-state index contributed by atoms with van der Waals surface area (Å²) in [5.41, 5.74) is 1.67. The first-order valence-corrected chi connectivity index (χ1v) is 12.1. The number of nitrogens with one attached hydrogen (secondary N) is 1. The highest BCUT2D eigenvalue weighted by Crippen LogP contribution is 2.26. The zero-order valence-electron chi connectivity index (χ0n) is 18.0. The van der Waals surface area contributed by atoms with Gasteiger partial charge in [0.2, 0.25) is 15.9 Å². The van der Waals surface area contributed by atoms with Crippen molar-refractivity contribution in [2.24, 2.45) is 5.92 Å². The van der Waals surface area contributed by atoms with Gasteiger partial charge in [-0.25, -0.2) is 17.5 Å². The number of hydrogen-bond acceptors (Lipinski definition) is 5. The van der Waals surface area contributed by atoms with E-state index in [1.165, 1.54) is 16.4 Å². The van der Waals surface area contributed by atoms with Crippen LogP contribution in [0, 0.1) is 11.7 Å². The van der Waals surface area contributed by atoms with Gasteiger partial charge in [-0.3, -0.25) is 4.79 Å². The summed E-state index contributed by atoms with van der Waals surface area (Å²) in [6.45, 7) is 4.45. The topological polar surface area (TPSA) is 97.2 Å². The van der Waals surface area contributed by atoms with Gasteiger partial charge in [0, 0.05) is 31.2 Å². The Bertz CT molecular complexity index is 1240. The summed E-state index contributed by atoms with van der Waals surface area (Å²) in [6, 6.07) is 11.1. The second-order valence-corrected chi connectivity index (χ2v) is 10.2. The van der Waals surface area contributed by atoms with Crippen LogP contribution in [0.4, 0.5) is 4.39 Å². The number of sulfonamides is 1. The predicted molar refractivity (Wildman–Crippen MR) is 118 cm³/mol. The van der Waals surface area contributed by atoms with Crippen LogP contribution in [0.5, 0.6) is 0 Å². The van der Waals surface area contributed by atoms with Gasteiger partial charge in [0.25, 0.3) is 0 Å². The molecule has 8 nitrogen and oxygen atoms in total. The monoisotopic (exact) mass is 459 g/mol. The lowest BCUT2D eigenvalue weighted by molar-refractivity contribution is -0.126. The van der Waals surface area contributed by atoms with Crippen molar-refractivity contribution in [3.63, 3.8) is 0 Å². The predicted octanol–water partition coefficient (Wildman–Crippen LogP) is 2.87. The van der Waals surface area contributed by atoms with Crippen molar-refractivity contribution in [3.8, 4) is 0 Å². The van der Waals surface area contributed by atoms with Gasteiger partial charge in [-0.05, 0) is 51.0 Å². The summed E-state index contributed by atoms with van der Waals surface area (Å²) in [5.74, 6) is -1.15. The van der Waals surface area contributed by atoms with Gasteiger partial charge in [0.05, 0.1) is 16.3 Å². The van der Waals surface area contributed by atoms with E-state index in [-0.39, 0.29) is 35.8 Å². The molecule has 0 unspecified atom stereocenters. The van der Waals surface area contributed by atoms with Crippen molar-refractivity contribution in [2.75, 3.05) is 13.1 Å². The molecule has 4 rings (SSSR count). The Morgan fingerprint density at radius 3 is 2.78 bits per heavy atom. The molecule has 0 saturated carbocycles. The number of benzene rings is 2. The van der Waals surface area contributed by atoms with Gasteiger partial charge in [0.15, 0.2) is 0 Å². The van der Waals surface area contributed by atoms with Gasteiger partial charge in [-0.15, -0.1) is 5.10 Å². The molecule has 0 aliphatic carbocycles. The second-order valence-electron chi connectivity index (χ2n) is 8.29. The molecule has 1 saturated heterocycles. The Hall–Kier alpha value is -2.85. The fourth-order valence-electron chi connectivity index (χ4n) is 3.96. The summed E-state index contributed by atoms with van der Waals surface area (Å²) in [7, 11) is -3.79. The van der Waals surface area contributed by atoms with Crippen LogP contribution in [0.3, 0.4) is 0 Å². The van der Waals surface area contributed by atoms with Crippen LogP contribution in [0.1, 0.15) is 38.3 Å². The van der Waals surface area contributed by atoms with Gasteiger partial charge in [0.1, 0.15) is 11.3 Å². The molecule has 10 heteroatoms. The van der Waals surface area contributed by atoms with Crippen molar-refractivity contribution in [3.05, 3.63) is 53.8 Å². The van der Waals surface area contributed by atoms with Crippen LogP contribution < -0.4 is 5.32 Å². The molecule has 2 aromatic carbocycles. The molecule has 32 heavy (non-hydrogen) atoms. The molecule has 3 aromatic rings. The van der Waals surface area contributed by atoms with Crippen LogP contribution in [-0.4, -0.2) is 46.7 Å². The molecular weight excluding hydrogens is 433 g/mol. The first-order valence-electron chi connectivity index (χ1n) is 10.6. The highest BCUT2D eigenvalue weighted by atomic mass is 32.2. The van der Waals surface area contributed by atoms with Crippen LogP contribution >= 0.6 is 0 Å². The van der Waals surface area contributed by atoms with Crippen LogP contribution in [-0.2, 0) is 21.4 Å². The number of aromatic nitrogens is 3. The molecule has 1 atom stereocenters. The largest absolute Gasteiger partial charge is 0.352 e. The molecule has 170 valence electrons. The van der Waals surface area contributed by atoms with E-state index in [4.69, 9.17) is 0 Å². The van der Waals surface area contributed by atoms with Crippen LogP contribution in [0.2, 0.25) is 0 Å². The van der Waals surface area contributed by atoms with E-state index < -0.39 is 15.9 Å². The molecule has 1 N–H and O–H groups in total. The maximum absolute atomic E-state index is 13.8. The highest BCUT2D eigenvalue weighted by Gasteiger charge is 2.33. The van der Waals surface area contributed by atoms with E-state index in [2.05, 4.69) is 15.6 Å². The summed E-state index contributed by atoms with van der Waals surface area (Å²) in [5, 5.41) is 10.9. The van der Waals surface area contributed by atoms with Crippen LogP contribution in [0.25, 0.3) is 11.0 Å². The van der Waals surface area contributed by atoms with Gasteiger partial charge < -0.3 is 5.32 Å². The maximum atomic E-state index is 13.8. The Morgan fingerprint density at radius 1 is 1.25 bits per heavy atom. The first-order chi connectivity index (χ1) is 15.3. The van der Waals surface area contributed by atoms with Crippen molar-refractivity contribution in [1.82, 2.24) is 24.6 Å². The summed E-state index contributed by atoms with van der Waals surface area (Å²) in [6.07, 6.45) is 1.15. The quantitative estimate of drug-likeness (QED) is 0.611. The average molecular weight is 460 g/mol. The zero-order valence-corrected chi connectivity index (χ0v) is 18.8. The Morgan fingerprint density at radius 2 is 2.03 bits per heavy atom. The molecule has 0 bridgehead atoms. The molecule has 1 amide bonds. The molecular formula is C22H26FN5O3S. The van der Waals surface area contributed by atoms with Crippen molar-refractivity contribution >= 4 is 27.0 Å². The lowest BCUT2D eigenvalue weighted by Gasteiger charge is -2.31. The minimum atomic E-state index is -3.79. The van der Waals surface area contributed by atoms with Crippen molar-refractivity contribution in [2.45, 2.75) is 44.2 Å². The fraction of sp³-hybridized carbons (Fsp3) is 0.409. The van der Waals surface area contributed by atoms with E-state index in [0.717, 1.165) is 5.52 Å². The number of piperidine rings is 1. The third-order valence-electron chi connectivity index (χ3n) is 5.74. The Labute approximate surface area is 186 Å². The van der Waals surface area contributed by atoms with Crippen molar-refractivity contribution in [1.29, 1.82) is 0 Å². The minimum Gasteiger partial charge on any atom is -0.352 e. The highest BCUT2D eigenvalue weighted by molar-refractivity contribution is 7.89. The van der Waals surface area contributed by atoms with E-state index in [0.29, 0.717) is 30.5 Å². The summed E-state index contributed by atoms with van der Waals surface area (Å²) < 4.78 is 43.4. The van der Waals surface area contributed by atoms with Crippen LogP contribution in [0.15, 0.2) is 47.4 Å². The zero-order chi connectivity index (χ0) is 22.9. The minimum absolute atomic E-state index is 0.0664. The third kappa shape index (κ3) is 4.37. The lowest BCUT2D eigenvalue weighted by atomic mass is 9.98. The van der Waals surface area contributed by atoms with E-state index in [9.17, 15) is 17.6 Å². The van der Waals surface area contributed by atoms with E-state index in [1.54, 1.807) is 35.0 Å². The number of halogens is 1. The van der Waals surface area contributed by atoms with E-state index in [1.807, 2.05) is 13.8 Å². The average Bonchev–Trinajstić information content (AvgIpc) is 3.22. The van der Waals surface area contributed by atoms with Gasteiger partial charge >= 0.3 is 0 Å². The number of carbonyl (C=O) groups excluding carboxylic acids is 1. The van der Waals surface area contributed by atoms with Gasteiger partial charge in [-0.1, -0.05) is 23.4 Å². The first kappa shape index (κ1) is 22.3. The number of nitrogens with zero attached hydrogens (tertiary/aromatic N) is 4. The number of rotatable bonds is 6. The molecule has 1 aliphatic rings. The molecule has 2 heterocycles. The summed E-state index contributed by atoms with van der Waals surface area (Å²) in [4.78, 5) is 12.8. The number of amides is 1. The summed E-state index contributed by atoms with van der Waals surface area (Å²) >= 11 is 0. The Balaban J connectivity index is 1.47. The van der Waals surface area contributed by atoms with E-state index >= 15 is 0 Å². The smallest absolute Gasteiger partial charge is 0.243 e. The van der Waals surface area contributed by atoms with Gasteiger partial charge in [-0.2, -0.15) is 4.31 Å². The standard InChI is InChI=1S/C22H26FN5O3S/c1-15(2)28-21-10-9-18(12-20(21)25-26-28)32(30,31)27-11-5-7-17(14-27)22(29)24-13-16-6-3-4-8-19(16)23/h3-4,6,8-10,12,15,17H,5,7,11,13-14H2,1-2H3,(H,24,29)/t17-/m0/s1.